The number of nitrogens with zero attached hydrogens (tertiary/aromatic N) is 5. The van der Waals surface area contributed by atoms with Crippen LogP contribution in [0.2, 0.25) is 0 Å². The third-order valence-electron chi connectivity index (χ3n) is 5.96. The number of urea groups is 1. The summed E-state index contributed by atoms with van der Waals surface area (Å²) in [6.45, 7) is 2.96. The summed E-state index contributed by atoms with van der Waals surface area (Å²) in [5.74, 6) is 0.389. The predicted molar refractivity (Wildman–Crippen MR) is 122 cm³/mol. The van der Waals surface area contributed by atoms with Crippen LogP contribution in [-0.2, 0) is 9.53 Å². The highest BCUT2D eigenvalue weighted by atomic mass is 16.5. The Hall–Kier alpha value is -3.65. The van der Waals surface area contributed by atoms with Gasteiger partial charge in [0.25, 0.3) is 5.91 Å². The van der Waals surface area contributed by atoms with Crippen LogP contribution >= 0.6 is 0 Å². The van der Waals surface area contributed by atoms with E-state index < -0.39 is 12.2 Å². The second kappa shape index (κ2) is 8.12. The zero-order valence-electron chi connectivity index (χ0n) is 18.1. The van der Waals surface area contributed by atoms with Crippen LogP contribution in [0, 0.1) is 0 Å². The number of hydrogen-bond acceptors (Lipinski definition) is 6. The van der Waals surface area contributed by atoms with Crippen molar-refractivity contribution in [1.82, 2.24) is 14.7 Å². The lowest BCUT2D eigenvalue weighted by molar-refractivity contribution is -0.137. The van der Waals surface area contributed by atoms with E-state index in [-0.39, 0.29) is 18.5 Å². The Balaban J connectivity index is 1.55. The highest BCUT2D eigenvalue weighted by Gasteiger charge is 2.54. The standard InChI is InChI=1S/C24H25N5O3/c1-3-32-15-14-27-22(30)20-21(26(2)24(27)31)25-23-28(20)16-19(17-10-6-4-7-11-17)29(23)18-12-8-5-9-13-18/h4-13,16,20-21H,3,14-15H2,1-2H3. The molecule has 3 heterocycles. The minimum Gasteiger partial charge on any atom is -0.380 e. The maximum Gasteiger partial charge on any atom is 0.328 e. The topological polar surface area (TPSA) is 68.7 Å². The van der Waals surface area contributed by atoms with Crippen molar-refractivity contribution in [2.75, 3.05) is 31.7 Å². The molecule has 164 valence electrons. The minimum absolute atomic E-state index is 0.222. The molecule has 3 aliphatic rings. The quantitative estimate of drug-likeness (QED) is 0.658. The number of para-hydroxylation sites is 1. The van der Waals surface area contributed by atoms with Gasteiger partial charge in [-0.25, -0.2) is 9.79 Å². The second-order valence-electron chi connectivity index (χ2n) is 7.83. The number of guanidine groups is 1. The minimum atomic E-state index is -0.609. The van der Waals surface area contributed by atoms with Gasteiger partial charge in [-0.1, -0.05) is 48.5 Å². The molecule has 0 saturated carbocycles. The largest absolute Gasteiger partial charge is 0.380 e. The molecule has 2 unspecified atom stereocenters. The number of carbonyl (C=O) groups is 2. The van der Waals surface area contributed by atoms with E-state index in [9.17, 15) is 9.59 Å². The molecule has 8 heteroatoms. The Labute approximate surface area is 187 Å². The molecule has 0 radical (unpaired) electrons. The van der Waals surface area contributed by atoms with Crippen LogP contribution in [0.4, 0.5) is 10.5 Å². The van der Waals surface area contributed by atoms with Gasteiger partial charge in [0.15, 0.2) is 12.2 Å². The highest BCUT2D eigenvalue weighted by molar-refractivity contribution is 6.16. The van der Waals surface area contributed by atoms with E-state index in [2.05, 4.69) is 0 Å². The van der Waals surface area contributed by atoms with Gasteiger partial charge < -0.3 is 9.64 Å². The zero-order chi connectivity index (χ0) is 22.2. The predicted octanol–water partition coefficient (Wildman–Crippen LogP) is 2.80. The molecule has 2 aromatic rings. The number of amides is 3. The summed E-state index contributed by atoms with van der Waals surface area (Å²) < 4.78 is 5.39. The van der Waals surface area contributed by atoms with Crippen LogP contribution in [0.3, 0.4) is 0 Å². The van der Waals surface area contributed by atoms with Gasteiger partial charge in [0, 0.05) is 31.1 Å². The fraction of sp³-hybridized carbons (Fsp3) is 0.292. The monoisotopic (exact) mass is 431 g/mol. The molecule has 0 aliphatic carbocycles. The summed E-state index contributed by atoms with van der Waals surface area (Å²) in [6, 6.07) is 19.0. The fourth-order valence-corrected chi connectivity index (χ4v) is 4.38. The summed E-state index contributed by atoms with van der Waals surface area (Å²) in [4.78, 5) is 38.0. The Bertz CT molecular complexity index is 1090. The van der Waals surface area contributed by atoms with Crippen molar-refractivity contribution in [2.45, 2.75) is 19.1 Å². The smallest absolute Gasteiger partial charge is 0.328 e. The second-order valence-corrected chi connectivity index (χ2v) is 7.83. The number of ether oxygens (including phenoxy) is 1. The maximum atomic E-state index is 13.4. The molecule has 2 aromatic carbocycles. The molecule has 0 aromatic heterocycles. The lowest BCUT2D eigenvalue weighted by Gasteiger charge is -2.40. The number of fused-ring (bicyclic) bond motifs is 3. The van der Waals surface area contributed by atoms with Crippen LogP contribution in [0.1, 0.15) is 12.5 Å². The number of aliphatic imine (C=N–C) groups is 1. The average Bonchev–Trinajstić information content (AvgIpc) is 3.37. The molecular weight excluding hydrogens is 406 g/mol. The van der Waals surface area contributed by atoms with Gasteiger partial charge in [0.1, 0.15) is 0 Å². The van der Waals surface area contributed by atoms with Crippen molar-refractivity contribution in [3.8, 4) is 0 Å². The third-order valence-corrected chi connectivity index (χ3v) is 5.96. The molecule has 8 nitrogen and oxygen atoms in total. The van der Waals surface area contributed by atoms with E-state index in [0.717, 1.165) is 16.9 Å². The van der Waals surface area contributed by atoms with E-state index in [1.807, 2.05) is 83.6 Å². The van der Waals surface area contributed by atoms with Gasteiger partial charge in [-0.15, -0.1) is 0 Å². The first-order valence-corrected chi connectivity index (χ1v) is 10.8. The summed E-state index contributed by atoms with van der Waals surface area (Å²) in [5.41, 5.74) is 2.89. The molecule has 1 saturated heterocycles. The first-order valence-electron chi connectivity index (χ1n) is 10.8. The van der Waals surface area contributed by atoms with Gasteiger partial charge in [0.2, 0.25) is 5.96 Å². The molecule has 32 heavy (non-hydrogen) atoms. The number of benzene rings is 2. The van der Waals surface area contributed by atoms with Crippen LogP contribution in [0.15, 0.2) is 71.9 Å². The molecule has 0 spiro atoms. The van der Waals surface area contributed by atoms with E-state index in [1.165, 1.54) is 4.90 Å². The van der Waals surface area contributed by atoms with Gasteiger partial charge in [-0.05, 0) is 19.1 Å². The summed E-state index contributed by atoms with van der Waals surface area (Å²) in [6.07, 6.45) is 1.39. The Morgan fingerprint density at radius 2 is 1.69 bits per heavy atom. The molecule has 3 aliphatic heterocycles. The Morgan fingerprint density at radius 3 is 2.38 bits per heavy atom. The summed E-state index contributed by atoms with van der Waals surface area (Å²) >= 11 is 0. The summed E-state index contributed by atoms with van der Waals surface area (Å²) in [7, 11) is 1.70. The molecule has 3 amide bonds. The number of carbonyl (C=O) groups excluding carboxylic acids is 2. The molecule has 2 atom stereocenters. The average molecular weight is 431 g/mol. The molecule has 0 bridgehead atoms. The zero-order valence-corrected chi connectivity index (χ0v) is 18.1. The Morgan fingerprint density at radius 1 is 1.00 bits per heavy atom. The van der Waals surface area contributed by atoms with Crippen molar-refractivity contribution in [3.63, 3.8) is 0 Å². The van der Waals surface area contributed by atoms with Crippen LogP contribution in [0.5, 0.6) is 0 Å². The summed E-state index contributed by atoms with van der Waals surface area (Å²) in [5, 5.41) is 0. The van der Waals surface area contributed by atoms with E-state index in [0.29, 0.717) is 19.2 Å². The third kappa shape index (κ3) is 3.15. The van der Waals surface area contributed by atoms with E-state index in [1.54, 1.807) is 11.9 Å². The van der Waals surface area contributed by atoms with Crippen LogP contribution < -0.4 is 4.90 Å². The normalized spacial score (nSPS) is 22.2. The van der Waals surface area contributed by atoms with Crippen molar-refractivity contribution < 1.29 is 14.3 Å². The molecule has 5 rings (SSSR count). The van der Waals surface area contributed by atoms with Crippen molar-refractivity contribution in [2.24, 2.45) is 4.99 Å². The van der Waals surface area contributed by atoms with E-state index >= 15 is 0 Å². The number of rotatable bonds is 6. The number of imide groups is 1. The lowest BCUT2D eigenvalue weighted by atomic mass is 10.1. The molecule has 1 fully saturated rings. The number of hydrogen-bond donors (Lipinski definition) is 0. The Kier molecular flexibility index (Phi) is 5.14. The lowest BCUT2D eigenvalue weighted by Crippen LogP contribution is -2.64. The van der Waals surface area contributed by atoms with Gasteiger partial charge >= 0.3 is 6.03 Å². The van der Waals surface area contributed by atoms with Crippen molar-refractivity contribution >= 4 is 29.3 Å². The highest BCUT2D eigenvalue weighted by Crippen LogP contribution is 2.39. The maximum absolute atomic E-state index is 13.4. The van der Waals surface area contributed by atoms with Gasteiger partial charge in [-0.3, -0.25) is 19.5 Å². The van der Waals surface area contributed by atoms with Crippen LogP contribution in [0.25, 0.3) is 5.70 Å². The fourth-order valence-electron chi connectivity index (χ4n) is 4.38. The molecular formula is C24H25N5O3. The first kappa shape index (κ1) is 20.3. The molecule has 0 N–H and O–H groups in total. The first-order chi connectivity index (χ1) is 15.6. The SMILES string of the molecule is CCOCCN1C(=O)C2C(N=C3N(c4ccccc4)C(c4ccccc4)=CN32)N(C)C1=O. The van der Waals surface area contributed by atoms with E-state index in [4.69, 9.17) is 9.73 Å². The van der Waals surface area contributed by atoms with Gasteiger partial charge in [0.05, 0.1) is 18.8 Å². The van der Waals surface area contributed by atoms with Crippen molar-refractivity contribution in [1.29, 1.82) is 0 Å². The van der Waals surface area contributed by atoms with Gasteiger partial charge in [-0.2, -0.15) is 0 Å². The number of likely N-dealkylation sites (N-methyl/N-ethyl adjacent to an activating group) is 1. The van der Waals surface area contributed by atoms with Crippen molar-refractivity contribution in [3.05, 3.63) is 72.4 Å². The number of anilines is 1. The van der Waals surface area contributed by atoms with Crippen LogP contribution in [-0.4, -0.2) is 71.6 Å².